The molecule has 0 bridgehead atoms. The number of rotatable bonds is 6. The number of hydrogen-bond donors (Lipinski definition) is 2. The van der Waals surface area contributed by atoms with E-state index in [2.05, 4.69) is 0 Å². The minimum atomic E-state index is -0.122. The van der Waals surface area contributed by atoms with E-state index in [9.17, 15) is 9.59 Å². The number of benzene rings is 1. The number of oxazole rings is 2. The average molecular weight is 434 g/mol. The summed E-state index contributed by atoms with van der Waals surface area (Å²) < 4.78 is 14.4. The highest BCUT2D eigenvalue weighted by molar-refractivity contribution is 5.99. The summed E-state index contributed by atoms with van der Waals surface area (Å²) in [5.74, 6) is 1.40. The van der Waals surface area contributed by atoms with Crippen molar-refractivity contribution in [2.45, 2.75) is 64.5 Å². The SMILES string of the molecule is N=c1oc2c(n1CC(=O)c1ccc(C(=O)Cn3c4c(oc3=N)CCCC4)cc1)CCCC2. The van der Waals surface area contributed by atoms with Crippen LogP contribution in [0.5, 0.6) is 0 Å². The molecule has 0 amide bonds. The van der Waals surface area contributed by atoms with E-state index in [0.717, 1.165) is 74.3 Å². The van der Waals surface area contributed by atoms with Gasteiger partial charge in [0.2, 0.25) is 0 Å². The molecule has 2 heterocycles. The van der Waals surface area contributed by atoms with Crippen LogP contribution in [0.15, 0.2) is 33.1 Å². The first-order valence-electron chi connectivity index (χ1n) is 11.2. The van der Waals surface area contributed by atoms with Crippen LogP contribution in [0, 0.1) is 10.8 Å². The van der Waals surface area contributed by atoms with E-state index in [0.29, 0.717) is 11.1 Å². The van der Waals surface area contributed by atoms with Gasteiger partial charge in [-0.05, 0) is 38.5 Å². The Labute approximate surface area is 184 Å². The van der Waals surface area contributed by atoms with Crippen molar-refractivity contribution in [1.82, 2.24) is 9.13 Å². The van der Waals surface area contributed by atoms with Gasteiger partial charge in [0.15, 0.2) is 11.6 Å². The van der Waals surface area contributed by atoms with E-state index in [4.69, 9.17) is 19.7 Å². The maximum absolute atomic E-state index is 12.8. The molecule has 0 saturated carbocycles. The van der Waals surface area contributed by atoms with Crippen molar-refractivity contribution in [3.63, 3.8) is 0 Å². The zero-order valence-corrected chi connectivity index (χ0v) is 17.9. The van der Waals surface area contributed by atoms with Gasteiger partial charge in [0.05, 0.1) is 24.5 Å². The van der Waals surface area contributed by atoms with Crippen molar-refractivity contribution in [2.24, 2.45) is 0 Å². The third-order valence-corrected chi connectivity index (χ3v) is 6.49. The fraction of sp³-hybridized carbons (Fsp3) is 0.417. The molecule has 8 heteroatoms. The van der Waals surface area contributed by atoms with Crippen LogP contribution in [0.4, 0.5) is 0 Å². The number of ketones is 2. The van der Waals surface area contributed by atoms with Gasteiger partial charge in [-0.25, -0.2) is 0 Å². The lowest BCUT2D eigenvalue weighted by molar-refractivity contribution is 0.0956. The molecule has 0 fully saturated rings. The van der Waals surface area contributed by atoms with Gasteiger partial charge in [-0.15, -0.1) is 0 Å². The second kappa shape index (κ2) is 8.26. The third-order valence-electron chi connectivity index (χ3n) is 6.49. The van der Waals surface area contributed by atoms with Crippen LogP contribution in [0.25, 0.3) is 0 Å². The largest absolute Gasteiger partial charge is 0.429 e. The Balaban J connectivity index is 1.30. The highest BCUT2D eigenvalue weighted by Crippen LogP contribution is 2.21. The number of hydrogen-bond acceptors (Lipinski definition) is 6. The molecular formula is C24H26N4O4. The van der Waals surface area contributed by atoms with E-state index in [-0.39, 0.29) is 36.0 Å². The molecule has 1 aromatic carbocycles. The molecule has 0 radical (unpaired) electrons. The van der Waals surface area contributed by atoms with Crippen molar-refractivity contribution in [1.29, 1.82) is 10.8 Å². The summed E-state index contributed by atoms with van der Waals surface area (Å²) in [5.41, 5.74) is 2.93. The highest BCUT2D eigenvalue weighted by Gasteiger charge is 2.22. The lowest BCUT2D eigenvalue weighted by Gasteiger charge is -2.12. The highest BCUT2D eigenvalue weighted by atomic mass is 16.4. The number of aryl methyl sites for hydroxylation is 2. The topological polar surface area (TPSA) is 118 Å². The molecule has 8 nitrogen and oxygen atoms in total. The van der Waals surface area contributed by atoms with Crippen molar-refractivity contribution in [3.05, 3.63) is 69.7 Å². The van der Waals surface area contributed by atoms with Gasteiger partial charge in [0.25, 0.3) is 11.4 Å². The van der Waals surface area contributed by atoms with Crippen LogP contribution in [0.2, 0.25) is 0 Å². The van der Waals surface area contributed by atoms with Crippen LogP contribution in [0.1, 0.15) is 69.3 Å². The minimum Gasteiger partial charge on any atom is -0.429 e. The first-order valence-corrected chi connectivity index (χ1v) is 11.2. The number of nitrogens with zero attached hydrogens (tertiary/aromatic N) is 2. The number of carbonyl (C=O) groups is 2. The average Bonchev–Trinajstić information content (AvgIpc) is 3.29. The molecular weight excluding hydrogens is 408 g/mol. The maximum atomic E-state index is 12.8. The van der Waals surface area contributed by atoms with Gasteiger partial charge in [0.1, 0.15) is 11.5 Å². The minimum absolute atomic E-state index is 0.0173. The fourth-order valence-corrected chi connectivity index (χ4v) is 4.75. The first-order chi connectivity index (χ1) is 15.5. The van der Waals surface area contributed by atoms with Crippen LogP contribution in [-0.2, 0) is 38.8 Å². The van der Waals surface area contributed by atoms with Crippen molar-refractivity contribution in [2.75, 3.05) is 0 Å². The molecule has 32 heavy (non-hydrogen) atoms. The number of Topliss-reactive ketones (excluding diaryl/α,β-unsaturated/α-hetero) is 2. The molecule has 166 valence electrons. The van der Waals surface area contributed by atoms with E-state index < -0.39 is 0 Å². The molecule has 0 aliphatic heterocycles. The van der Waals surface area contributed by atoms with E-state index in [1.54, 1.807) is 33.4 Å². The van der Waals surface area contributed by atoms with Crippen LogP contribution in [-0.4, -0.2) is 20.7 Å². The molecule has 3 aromatic rings. The Morgan fingerprint density at radius 3 is 1.47 bits per heavy atom. The molecule has 0 unspecified atom stereocenters. The summed E-state index contributed by atoms with van der Waals surface area (Å²) in [4.78, 5) is 25.6. The third kappa shape index (κ3) is 3.70. The van der Waals surface area contributed by atoms with Crippen LogP contribution in [0.3, 0.4) is 0 Å². The van der Waals surface area contributed by atoms with Gasteiger partial charge in [-0.2, -0.15) is 0 Å². The zero-order chi connectivity index (χ0) is 22.2. The molecule has 2 aromatic heterocycles. The van der Waals surface area contributed by atoms with Crippen molar-refractivity contribution < 1.29 is 18.4 Å². The summed E-state index contributed by atoms with van der Waals surface area (Å²) in [6.07, 6.45) is 7.45. The van der Waals surface area contributed by atoms with E-state index >= 15 is 0 Å². The Bertz CT molecular complexity index is 1200. The molecule has 2 aliphatic rings. The molecule has 2 N–H and O–H groups in total. The number of carbonyl (C=O) groups excluding carboxylic acids is 2. The lowest BCUT2D eigenvalue weighted by atomic mass is 10.0. The van der Waals surface area contributed by atoms with Gasteiger partial charge in [0, 0.05) is 24.0 Å². The Hall–Kier alpha value is -3.42. The number of fused-ring (bicyclic) bond motifs is 2. The summed E-state index contributed by atoms with van der Waals surface area (Å²) in [5, 5.41) is 16.1. The summed E-state index contributed by atoms with van der Waals surface area (Å²) >= 11 is 0. The summed E-state index contributed by atoms with van der Waals surface area (Å²) in [7, 11) is 0. The number of nitrogens with one attached hydrogen (secondary N) is 2. The standard InChI is InChI=1S/C24H26N4O4/c25-23-27(17-5-1-3-7-21(17)31-23)13-19(29)15-9-11-16(12-10-15)20(30)14-28-18-6-2-4-8-22(18)32-24(28)26/h9-12,25-26H,1-8,13-14H2. The quantitative estimate of drug-likeness (QED) is 0.580. The lowest BCUT2D eigenvalue weighted by Crippen LogP contribution is -2.24. The molecule has 0 saturated heterocycles. The normalized spacial score (nSPS) is 15.2. The number of aromatic nitrogens is 2. The molecule has 5 rings (SSSR count). The van der Waals surface area contributed by atoms with Crippen LogP contribution >= 0.6 is 0 Å². The molecule has 2 aliphatic carbocycles. The van der Waals surface area contributed by atoms with E-state index in [1.165, 1.54) is 0 Å². The van der Waals surface area contributed by atoms with Gasteiger partial charge in [-0.3, -0.25) is 29.5 Å². The first kappa shape index (κ1) is 20.5. The van der Waals surface area contributed by atoms with Crippen molar-refractivity contribution in [3.8, 4) is 0 Å². The Kier molecular flexibility index (Phi) is 5.28. The Morgan fingerprint density at radius 1 is 0.688 bits per heavy atom. The predicted octanol–water partition coefficient (Wildman–Crippen LogP) is 2.96. The fourth-order valence-electron chi connectivity index (χ4n) is 4.75. The smallest absolute Gasteiger partial charge is 0.294 e. The van der Waals surface area contributed by atoms with Gasteiger partial charge >= 0.3 is 0 Å². The van der Waals surface area contributed by atoms with Crippen LogP contribution < -0.4 is 11.4 Å². The Morgan fingerprint density at radius 2 is 1.06 bits per heavy atom. The second-order valence-corrected chi connectivity index (χ2v) is 8.56. The second-order valence-electron chi connectivity index (χ2n) is 8.56. The van der Waals surface area contributed by atoms with Crippen molar-refractivity contribution >= 4 is 11.6 Å². The molecule has 0 atom stereocenters. The predicted molar refractivity (Wildman–Crippen MR) is 113 cm³/mol. The van der Waals surface area contributed by atoms with E-state index in [1.807, 2.05) is 0 Å². The van der Waals surface area contributed by atoms with Gasteiger partial charge in [-0.1, -0.05) is 24.3 Å². The summed E-state index contributed by atoms with van der Waals surface area (Å²) in [6, 6.07) is 6.62. The summed E-state index contributed by atoms with van der Waals surface area (Å²) in [6.45, 7) is 0.119. The maximum Gasteiger partial charge on any atom is 0.294 e. The monoisotopic (exact) mass is 434 g/mol. The zero-order valence-electron chi connectivity index (χ0n) is 17.9. The molecule has 0 spiro atoms. The van der Waals surface area contributed by atoms with Gasteiger partial charge < -0.3 is 8.83 Å².